The predicted molar refractivity (Wildman–Crippen MR) is 140 cm³/mol. The van der Waals surface area contributed by atoms with Gasteiger partial charge in [0.15, 0.2) is 0 Å². The normalized spacial score (nSPS) is 14.4. The van der Waals surface area contributed by atoms with E-state index in [0.717, 1.165) is 5.56 Å². The number of ether oxygens (including phenoxy) is 3. The number of hydrogen-bond acceptors (Lipinski definition) is 7. The Morgan fingerprint density at radius 1 is 1.05 bits per heavy atom. The Kier molecular flexibility index (Phi) is 6.94. The lowest BCUT2D eigenvalue weighted by Gasteiger charge is -2.30. The zero-order valence-corrected chi connectivity index (χ0v) is 21.1. The number of rotatable bonds is 8. The van der Waals surface area contributed by atoms with Gasteiger partial charge in [0.1, 0.15) is 42.0 Å². The molecule has 3 aromatic carbocycles. The monoisotopic (exact) mass is 515 g/mol. The molecule has 0 aliphatic carbocycles. The van der Waals surface area contributed by atoms with E-state index in [-0.39, 0.29) is 18.3 Å². The number of nitrogens with zero attached hydrogens (tertiary/aromatic N) is 3. The highest BCUT2D eigenvalue weighted by molar-refractivity contribution is 6.06. The maximum absolute atomic E-state index is 13.8. The van der Waals surface area contributed by atoms with Gasteiger partial charge in [0, 0.05) is 17.3 Å². The number of aromatic nitrogens is 3. The van der Waals surface area contributed by atoms with Gasteiger partial charge in [-0.1, -0.05) is 30.3 Å². The molecular formula is C28H26FN5O4. The van der Waals surface area contributed by atoms with Crippen LogP contribution < -0.4 is 24.8 Å². The summed E-state index contributed by atoms with van der Waals surface area (Å²) in [6, 6.07) is 18.1. The highest BCUT2D eigenvalue weighted by atomic mass is 19.1. The van der Waals surface area contributed by atoms with Crippen LogP contribution in [0.3, 0.4) is 0 Å². The average molecular weight is 516 g/mol. The first-order valence-corrected chi connectivity index (χ1v) is 11.9. The van der Waals surface area contributed by atoms with Crippen LogP contribution in [0.4, 0.5) is 16.0 Å². The Balaban J connectivity index is 1.51. The molecule has 5 rings (SSSR count). The molecule has 4 aromatic rings. The van der Waals surface area contributed by atoms with Crippen molar-refractivity contribution in [3.05, 3.63) is 101 Å². The summed E-state index contributed by atoms with van der Waals surface area (Å²) in [5, 5.41) is 10.5. The molecule has 1 amide bonds. The molecule has 0 saturated carbocycles. The van der Waals surface area contributed by atoms with Crippen LogP contribution in [0, 0.1) is 5.82 Å². The van der Waals surface area contributed by atoms with Crippen molar-refractivity contribution < 1.29 is 23.4 Å². The third-order valence-corrected chi connectivity index (χ3v) is 6.22. The lowest BCUT2D eigenvalue weighted by molar-refractivity contribution is -0.113. The van der Waals surface area contributed by atoms with Gasteiger partial charge in [0.05, 0.1) is 25.5 Å². The predicted octanol–water partition coefficient (Wildman–Crippen LogP) is 4.94. The first-order valence-electron chi connectivity index (χ1n) is 11.9. The number of carbonyl (C=O) groups is 1. The first-order chi connectivity index (χ1) is 18.5. The summed E-state index contributed by atoms with van der Waals surface area (Å²) in [5.74, 6) is 1.46. The minimum Gasteiger partial charge on any atom is -0.497 e. The summed E-state index contributed by atoms with van der Waals surface area (Å²) in [6.07, 6.45) is 1.43. The van der Waals surface area contributed by atoms with Gasteiger partial charge in [0.25, 0.3) is 5.91 Å². The van der Waals surface area contributed by atoms with Crippen molar-refractivity contribution in [3.63, 3.8) is 0 Å². The molecule has 2 N–H and O–H groups in total. The molecule has 1 unspecified atom stereocenters. The number of anilines is 2. The average Bonchev–Trinajstić information content (AvgIpc) is 3.40. The number of methoxy groups -OCH3 is 2. The van der Waals surface area contributed by atoms with E-state index < -0.39 is 6.04 Å². The van der Waals surface area contributed by atoms with E-state index in [0.29, 0.717) is 45.7 Å². The fourth-order valence-electron chi connectivity index (χ4n) is 4.34. The second kappa shape index (κ2) is 10.6. The summed E-state index contributed by atoms with van der Waals surface area (Å²) < 4.78 is 31.9. The number of hydrogen-bond donors (Lipinski definition) is 2. The standard InChI is InChI=1S/C28H26FN5O4/c1-17-25(27(35)33-22-13-12-20(36-2)14-24(22)37-3)26(34-28(32-17)30-16-31-34)21-6-4-5-7-23(21)38-15-18-8-10-19(29)11-9-18/h4-14,16,26H,15H2,1-3H3,(H,33,35)(H,30,31,32). The number of para-hydroxylation sites is 1. The summed E-state index contributed by atoms with van der Waals surface area (Å²) in [4.78, 5) is 18.1. The molecule has 194 valence electrons. The van der Waals surface area contributed by atoms with E-state index in [4.69, 9.17) is 14.2 Å². The Hall–Kier alpha value is -4.86. The number of halogens is 1. The van der Waals surface area contributed by atoms with Crippen molar-refractivity contribution in [2.75, 3.05) is 24.9 Å². The third-order valence-electron chi connectivity index (χ3n) is 6.22. The molecule has 0 fully saturated rings. The number of carbonyl (C=O) groups excluding carboxylic acids is 1. The van der Waals surface area contributed by atoms with E-state index in [2.05, 4.69) is 20.7 Å². The minimum atomic E-state index is -0.637. The van der Waals surface area contributed by atoms with E-state index in [1.165, 1.54) is 25.6 Å². The van der Waals surface area contributed by atoms with Crippen LogP contribution in [-0.2, 0) is 11.4 Å². The highest BCUT2D eigenvalue weighted by Gasteiger charge is 2.35. The van der Waals surface area contributed by atoms with E-state index in [1.807, 2.05) is 31.2 Å². The van der Waals surface area contributed by atoms with Gasteiger partial charge >= 0.3 is 0 Å². The van der Waals surface area contributed by atoms with Crippen LogP contribution in [0.15, 0.2) is 84.3 Å². The number of benzene rings is 3. The molecule has 1 aromatic heterocycles. The highest BCUT2D eigenvalue weighted by Crippen LogP contribution is 2.40. The van der Waals surface area contributed by atoms with E-state index in [9.17, 15) is 9.18 Å². The smallest absolute Gasteiger partial charge is 0.255 e. The lowest BCUT2D eigenvalue weighted by Crippen LogP contribution is -2.31. The van der Waals surface area contributed by atoms with Crippen molar-refractivity contribution in [3.8, 4) is 17.2 Å². The van der Waals surface area contributed by atoms with Gasteiger partial charge in [-0.15, -0.1) is 0 Å². The summed E-state index contributed by atoms with van der Waals surface area (Å²) in [5.41, 5.74) is 3.06. The molecule has 0 bridgehead atoms. The van der Waals surface area contributed by atoms with Crippen molar-refractivity contribution in [1.82, 2.24) is 14.8 Å². The molecule has 1 aliphatic rings. The second-order valence-corrected chi connectivity index (χ2v) is 8.57. The van der Waals surface area contributed by atoms with Crippen LogP contribution in [0.1, 0.15) is 24.1 Å². The van der Waals surface area contributed by atoms with Crippen LogP contribution in [0.5, 0.6) is 17.2 Å². The Morgan fingerprint density at radius 2 is 1.84 bits per heavy atom. The van der Waals surface area contributed by atoms with Crippen LogP contribution in [0.25, 0.3) is 0 Å². The SMILES string of the molecule is COc1ccc(NC(=O)C2=C(C)Nc3ncnn3C2c2ccccc2OCc2ccc(F)cc2)c(OC)c1. The molecule has 0 radical (unpaired) electrons. The maximum Gasteiger partial charge on any atom is 0.255 e. The molecule has 0 spiro atoms. The second-order valence-electron chi connectivity index (χ2n) is 8.57. The third kappa shape index (κ3) is 4.88. The van der Waals surface area contributed by atoms with Gasteiger partial charge in [-0.2, -0.15) is 10.1 Å². The van der Waals surface area contributed by atoms with Crippen LogP contribution in [-0.4, -0.2) is 34.9 Å². The number of nitrogens with one attached hydrogen (secondary N) is 2. The summed E-state index contributed by atoms with van der Waals surface area (Å²) in [6.45, 7) is 2.03. The van der Waals surface area contributed by atoms with Crippen molar-refractivity contribution in [2.24, 2.45) is 0 Å². The van der Waals surface area contributed by atoms with Gasteiger partial charge in [-0.25, -0.2) is 9.07 Å². The van der Waals surface area contributed by atoms with Gasteiger partial charge in [0.2, 0.25) is 5.95 Å². The molecule has 9 nitrogen and oxygen atoms in total. The Labute approximate surface area is 218 Å². The van der Waals surface area contributed by atoms with Crippen molar-refractivity contribution >= 4 is 17.5 Å². The summed E-state index contributed by atoms with van der Waals surface area (Å²) in [7, 11) is 3.08. The fraction of sp³-hybridized carbons (Fsp3) is 0.179. The Morgan fingerprint density at radius 3 is 2.61 bits per heavy atom. The zero-order valence-electron chi connectivity index (χ0n) is 21.1. The van der Waals surface area contributed by atoms with Gasteiger partial charge in [-0.05, 0) is 42.8 Å². The lowest BCUT2D eigenvalue weighted by atomic mass is 9.94. The molecule has 10 heteroatoms. The zero-order chi connectivity index (χ0) is 26.6. The minimum absolute atomic E-state index is 0.222. The quantitative estimate of drug-likeness (QED) is 0.343. The topological polar surface area (TPSA) is 99.5 Å². The first kappa shape index (κ1) is 24.8. The number of amides is 1. The number of allylic oxidation sites excluding steroid dienone is 1. The molecule has 1 aliphatic heterocycles. The van der Waals surface area contributed by atoms with Gasteiger partial charge in [-0.3, -0.25) is 4.79 Å². The molecule has 38 heavy (non-hydrogen) atoms. The largest absolute Gasteiger partial charge is 0.497 e. The van der Waals surface area contributed by atoms with Gasteiger partial charge < -0.3 is 24.8 Å². The van der Waals surface area contributed by atoms with E-state index in [1.54, 1.807) is 42.1 Å². The molecular weight excluding hydrogens is 489 g/mol. The fourth-order valence-corrected chi connectivity index (χ4v) is 4.34. The van der Waals surface area contributed by atoms with Crippen molar-refractivity contribution in [2.45, 2.75) is 19.6 Å². The van der Waals surface area contributed by atoms with Crippen molar-refractivity contribution in [1.29, 1.82) is 0 Å². The number of fused-ring (bicyclic) bond motifs is 1. The molecule has 0 saturated heterocycles. The van der Waals surface area contributed by atoms with Crippen LogP contribution in [0.2, 0.25) is 0 Å². The summed E-state index contributed by atoms with van der Waals surface area (Å²) >= 11 is 0. The Bertz CT molecular complexity index is 1500. The van der Waals surface area contributed by atoms with E-state index >= 15 is 0 Å². The molecule has 2 heterocycles. The maximum atomic E-state index is 13.8. The van der Waals surface area contributed by atoms with Crippen LogP contribution >= 0.6 is 0 Å². The molecule has 1 atom stereocenters.